The van der Waals surface area contributed by atoms with Gasteiger partial charge in [-0.05, 0) is 68.1 Å². The highest BCUT2D eigenvalue weighted by Gasteiger charge is 2.13. The molecule has 0 heterocycles. The van der Waals surface area contributed by atoms with E-state index in [4.69, 9.17) is 0 Å². The highest BCUT2D eigenvalue weighted by molar-refractivity contribution is 9.10. The summed E-state index contributed by atoms with van der Waals surface area (Å²) < 4.78 is 14.0. The van der Waals surface area contributed by atoms with Crippen molar-refractivity contribution in [2.75, 3.05) is 13.6 Å². The molecule has 2 aromatic rings. The van der Waals surface area contributed by atoms with Crippen LogP contribution in [0.15, 0.2) is 46.9 Å². The third-order valence-electron chi connectivity index (χ3n) is 3.79. The summed E-state index contributed by atoms with van der Waals surface area (Å²) in [7, 11) is 1.98. The van der Waals surface area contributed by atoms with Crippen molar-refractivity contribution in [2.45, 2.75) is 19.8 Å². The van der Waals surface area contributed by atoms with Crippen LogP contribution in [0.3, 0.4) is 0 Å². The lowest BCUT2D eigenvalue weighted by Crippen LogP contribution is -2.23. The van der Waals surface area contributed by atoms with Gasteiger partial charge in [-0.15, -0.1) is 0 Å². The lowest BCUT2D eigenvalue weighted by molar-refractivity contribution is 0.491. The number of halogens is 2. The van der Waals surface area contributed by atoms with Crippen LogP contribution in [0.25, 0.3) is 0 Å². The molecule has 2 rings (SSSR count). The second-order valence-corrected chi connectivity index (χ2v) is 6.35. The first-order chi connectivity index (χ1) is 10.1. The first-order valence-electron chi connectivity index (χ1n) is 7.23. The third-order valence-corrected chi connectivity index (χ3v) is 4.52. The molecular formula is C18H21BrFN. The van der Waals surface area contributed by atoms with Crippen LogP contribution < -0.4 is 5.32 Å². The third kappa shape index (κ3) is 4.65. The Kier molecular flexibility index (Phi) is 5.95. The maximum absolute atomic E-state index is 13.2. The zero-order valence-corrected chi connectivity index (χ0v) is 14.1. The number of hydrogen-bond donors (Lipinski definition) is 1. The van der Waals surface area contributed by atoms with E-state index in [1.807, 2.05) is 13.1 Å². The molecule has 1 unspecified atom stereocenters. The molecule has 1 nitrogen and oxygen atoms in total. The van der Waals surface area contributed by atoms with Gasteiger partial charge in [-0.1, -0.05) is 46.3 Å². The van der Waals surface area contributed by atoms with E-state index in [9.17, 15) is 4.39 Å². The topological polar surface area (TPSA) is 12.0 Å². The highest BCUT2D eigenvalue weighted by Crippen LogP contribution is 2.23. The quantitative estimate of drug-likeness (QED) is 0.808. The minimum atomic E-state index is -0.199. The summed E-state index contributed by atoms with van der Waals surface area (Å²) in [6.45, 7) is 3.09. The van der Waals surface area contributed by atoms with Gasteiger partial charge in [-0.2, -0.15) is 0 Å². The van der Waals surface area contributed by atoms with Crippen LogP contribution in [0.5, 0.6) is 0 Å². The monoisotopic (exact) mass is 349 g/mol. The SMILES string of the molecule is CNCC(Cc1ccccc1C)Cc1ccc(F)cc1Br. The number of benzene rings is 2. The van der Waals surface area contributed by atoms with Crippen LogP contribution in [0.2, 0.25) is 0 Å². The molecule has 3 heteroatoms. The minimum Gasteiger partial charge on any atom is -0.319 e. The molecule has 0 aromatic heterocycles. The number of nitrogens with one attached hydrogen (secondary N) is 1. The Balaban J connectivity index is 2.14. The van der Waals surface area contributed by atoms with Crippen LogP contribution in [-0.2, 0) is 12.8 Å². The van der Waals surface area contributed by atoms with Gasteiger partial charge >= 0.3 is 0 Å². The number of rotatable bonds is 6. The van der Waals surface area contributed by atoms with E-state index in [0.717, 1.165) is 29.4 Å². The summed E-state index contributed by atoms with van der Waals surface area (Å²) in [4.78, 5) is 0. The van der Waals surface area contributed by atoms with Gasteiger partial charge in [0.2, 0.25) is 0 Å². The molecular weight excluding hydrogens is 329 g/mol. The van der Waals surface area contributed by atoms with Crippen molar-refractivity contribution >= 4 is 15.9 Å². The second-order valence-electron chi connectivity index (χ2n) is 5.49. The summed E-state index contributed by atoms with van der Waals surface area (Å²) in [5.74, 6) is 0.285. The standard InChI is InChI=1S/C18H21BrFN/c1-13-5-3-4-6-15(13)9-14(12-21-2)10-16-7-8-17(20)11-18(16)19/h3-8,11,14,21H,9-10,12H2,1-2H3. The average molecular weight is 350 g/mol. The molecule has 112 valence electrons. The van der Waals surface area contributed by atoms with Crippen molar-refractivity contribution in [3.63, 3.8) is 0 Å². The molecule has 0 radical (unpaired) electrons. The van der Waals surface area contributed by atoms with Crippen molar-refractivity contribution in [1.29, 1.82) is 0 Å². The molecule has 0 saturated heterocycles. The van der Waals surface area contributed by atoms with Crippen molar-refractivity contribution in [2.24, 2.45) is 5.92 Å². The van der Waals surface area contributed by atoms with Crippen molar-refractivity contribution in [3.8, 4) is 0 Å². The van der Waals surface area contributed by atoms with Gasteiger partial charge in [0, 0.05) is 4.47 Å². The molecule has 1 N–H and O–H groups in total. The molecule has 0 aliphatic rings. The first-order valence-corrected chi connectivity index (χ1v) is 8.02. The summed E-state index contributed by atoms with van der Waals surface area (Å²) in [5, 5.41) is 3.27. The molecule has 0 bridgehead atoms. The Labute approximate surface area is 134 Å². The van der Waals surface area contributed by atoms with Gasteiger partial charge in [0.1, 0.15) is 5.82 Å². The predicted octanol–water partition coefficient (Wildman–Crippen LogP) is 4.52. The minimum absolute atomic E-state index is 0.199. The zero-order chi connectivity index (χ0) is 15.2. The Hall–Kier alpha value is -1.19. The maximum atomic E-state index is 13.2. The van der Waals surface area contributed by atoms with E-state index in [-0.39, 0.29) is 5.82 Å². The van der Waals surface area contributed by atoms with E-state index in [1.54, 1.807) is 6.07 Å². The van der Waals surface area contributed by atoms with Crippen LogP contribution in [-0.4, -0.2) is 13.6 Å². The van der Waals surface area contributed by atoms with Crippen molar-refractivity contribution < 1.29 is 4.39 Å². The molecule has 0 aliphatic heterocycles. The largest absolute Gasteiger partial charge is 0.319 e. The number of hydrogen-bond acceptors (Lipinski definition) is 1. The lowest BCUT2D eigenvalue weighted by atomic mass is 9.90. The van der Waals surface area contributed by atoms with Gasteiger partial charge in [0.25, 0.3) is 0 Å². The molecule has 0 aliphatic carbocycles. The Morgan fingerprint density at radius 3 is 2.48 bits per heavy atom. The summed E-state index contributed by atoms with van der Waals surface area (Å²) >= 11 is 3.47. The van der Waals surface area contributed by atoms with Gasteiger partial charge in [-0.3, -0.25) is 0 Å². The first kappa shape index (κ1) is 16.2. The predicted molar refractivity (Wildman–Crippen MR) is 90.1 cm³/mol. The smallest absolute Gasteiger partial charge is 0.124 e. The fraction of sp³-hybridized carbons (Fsp3) is 0.333. The van der Waals surface area contributed by atoms with E-state index in [2.05, 4.69) is 52.4 Å². The Morgan fingerprint density at radius 1 is 1.10 bits per heavy atom. The molecule has 0 fully saturated rings. The lowest BCUT2D eigenvalue weighted by Gasteiger charge is -2.19. The van der Waals surface area contributed by atoms with Crippen LogP contribution >= 0.6 is 15.9 Å². The fourth-order valence-electron chi connectivity index (χ4n) is 2.65. The van der Waals surface area contributed by atoms with E-state index in [1.165, 1.54) is 17.2 Å². The summed E-state index contributed by atoms with van der Waals surface area (Å²) in [6, 6.07) is 13.5. The second kappa shape index (κ2) is 7.71. The van der Waals surface area contributed by atoms with E-state index < -0.39 is 0 Å². The molecule has 0 saturated carbocycles. The normalized spacial score (nSPS) is 12.4. The van der Waals surface area contributed by atoms with Gasteiger partial charge in [0.05, 0.1) is 0 Å². The van der Waals surface area contributed by atoms with E-state index >= 15 is 0 Å². The molecule has 0 spiro atoms. The van der Waals surface area contributed by atoms with E-state index in [0.29, 0.717) is 5.92 Å². The molecule has 21 heavy (non-hydrogen) atoms. The van der Waals surface area contributed by atoms with Crippen molar-refractivity contribution in [3.05, 3.63) is 69.4 Å². The highest BCUT2D eigenvalue weighted by atomic mass is 79.9. The summed E-state index contributed by atoms with van der Waals surface area (Å²) in [5.41, 5.74) is 3.87. The van der Waals surface area contributed by atoms with Gasteiger partial charge in [-0.25, -0.2) is 4.39 Å². The van der Waals surface area contributed by atoms with Crippen LogP contribution in [0.1, 0.15) is 16.7 Å². The molecule has 0 amide bonds. The molecule has 2 aromatic carbocycles. The zero-order valence-electron chi connectivity index (χ0n) is 12.5. The van der Waals surface area contributed by atoms with Gasteiger partial charge < -0.3 is 5.32 Å². The Bertz CT molecular complexity index is 598. The summed E-state index contributed by atoms with van der Waals surface area (Å²) in [6.07, 6.45) is 1.95. The maximum Gasteiger partial charge on any atom is 0.124 e. The molecule has 1 atom stereocenters. The average Bonchev–Trinajstić information content (AvgIpc) is 2.44. The number of aryl methyl sites for hydroxylation is 1. The van der Waals surface area contributed by atoms with Crippen LogP contribution in [0.4, 0.5) is 4.39 Å². The van der Waals surface area contributed by atoms with Crippen LogP contribution in [0, 0.1) is 18.7 Å². The van der Waals surface area contributed by atoms with Gasteiger partial charge in [0.15, 0.2) is 0 Å². The van der Waals surface area contributed by atoms with Crippen molar-refractivity contribution in [1.82, 2.24) is 5.32 Å². The Morgan fingerprint density at radius 2 is 1.81 bits per heavy atom. The fourth-order valence-corrected chi connectivity index (χ4v) is 3.17.